The Morgan fingerprint density at radius 2 is 1.52 bits per heavy atom. The molecule has 0 aromatic heterocycles. The highest BCUT2D eigenvalue weighted by molar-refractivity contribution is 6.18. The highest BCUT2D eigenvalue weighted by Gasteiger charge is 2.38. The van der Waals surface area contributed by atoms with Crippen molar-refractivity contribution < 1.29 is 29.3 Å². The summed E-state index contributed by atoms with van der Waals surface area (Å²) in [7, 11) is 0. The van der Waals surface area contributed by atoms with Gasteiger partial charge < -0.3 is 19.7 Å². The smallest absolute Gasteiger partial charge is 0.231 e. The number of rotatable bonds is 3. The molecule has 0 radical (unpaired) electrons. The molecule has 0 bridgehead atoms. The highest BCUT2D eigenvalue weighted by atomic mass is 16.7. The molecule has 3 aromatic rings. The van der Waals surface area contributed by atoms with E-state index in [2.05, 4.69) is 0 Å². The van der Waals surface area contributed by atoms with Crippen LogP contribution in [0.4, 0.5) is 0 Å². The fourth-order valence-electron chi connectivity index (χ4n) is 4.08. The predicted octanol–water partition coefficient (Wildman–Crippen LogP) is 3.31. The van der Waals surface area contributed by atoms with E-state index in [1.54, 1.807) is 42.5 Å². The molecule has 6 heteroatoms. The highest BCUT2D eigenvalue weighted by Crippen LogP contribution is 2.44. The molecule has 1 heterocycles. The van der Waals surface area contributed by atoms with Crippen molar-refractivity contribution in [3.05, 3.63) is 82.4 Å². The molecule has 6 nitrogen and oxygen atoms in total. The van der Waals surface area contributed by atoms with Crippen molar-refractivity contribution in [2.75, 3.05) is 6.79 Å². The van der Waals surface area contributed by atoms with Gasteiger partial charge in [0.1, 0.15) is 17.3 Å². The predicted molar refractivity (Wildman–Crippen MR) is 103 cm³/mol. The van der Waals surface area contributed by atoms with Crippen LogP contribution in [0.2, 0.25) is 0 Å². The number of phenolic OH excluding ortho intramolecular Hbond substituents is 2. The van der Waals surface area contributed by atoms with E-state index < -0.39 is 11.7 Å². The molecular weight excluding hydrogens is 372 g/mol. The van der Waals surface area contributed by atoms with Gasteiger partial charge in [-0.1, -0.05) is 30.3 Å². The monoisotopic (exact) mass is 388 g/mol. The lowest BCUT2D eigenvalue weighted by molar-refractivity contribution is -0.119. The minimum Gasteiger partial charge on any atom is -0.507 e. The largest absolute Gasteiger partial charge is 0.507 e. The van der Waals surface area contributed by atoms with Crippen LogP contribution in [-0.4, -0.2) is 28.6 Å². The SMILES string of the molecule is O=C1c2c(O)cccc2C(C(=O)Cc2ccc3c(c2)OCO3)c2cccc(O)c21. The van der Waals surface area contributed by atoms with Crippen LogP contribution in [-0.2, 0) is 11.2 Å². The van der Waals surface area contributed by atoms with Gasteiger partial charge in [0.05, 0.1) is 17.0 Å². The third kappa shape index (κ3) is 2.64. The molecule has 0 saturated carbocycles. The Labute approximate surface area is 165 Å². The summed E-state index contributed by atoms with van der Waals surface area (Å²) in [6.45, 7) is 0.150. The van der Waals surface area contributed by atoms with Crippen molar-refractivity contribution in [3.63, 3.8) is 0 Å². The van der Waals surface area contributed by atoms with Crippen LogP contribution in [0.5, 0.6) is 23.0 Å². The minimum atomic E-state index is -0.776. The van der Waals surface area contributed by atoms with Gasteiger partial charge in [0, 0.05) is 6.42 Å². The molecule has 0 spiro atoms. The summed E-state index contributed by atoms with van der Waals surface area (Å²) in [5, 5.41) is 20.6. The zero-order valence-electron chi connectivity index (χ0n) is 15.2. The maximum Gasteiger partial charge on any atom is 0.231 e. The Balaban J connectivity index is 1.60. The van der Waals surface area contributed by atoms with Gasteiger partial charge in [0.15, 0.2) is 11.5 Å². The Hall–Kier alpha value is -3.80. The molecule has 3 aromatic carbocycles. The summed E-state index contributed by atoms with van der Waals surface area (Å²) in [6.07, 6.45) is 0.0969. The van der Waals surface area contributed by atoms with E-state index in [0.717, 1.165) is 5.56 Å². The maximum atomic E-state index is 13.4. The molecule has 144 valence electrons. The van der Waals surface area contributed by atoms with Gasteiger partial charge in [-0.3, -0.25) is 9.59 Å². The topological polar surface area (TPSA) is 93.1 Å². The van der Waals surface area contributed by atoms with E-state index in [1.807, 2.05) is 0 Å². The fraction of sp³-hybridized carbons (Fsp3) is 0.130. The average molecular weight is 388 g/mol. The zero-order chi connectivity index (χ0) is 20.1. The summed E-state index contributed by atoms with van der Waals surface area (Å²) in [5.41, 5.74) is 1.76. The van der Waals surface area contributed by atoms with Crippen LogP contribution >= 0.6 is 0 Å². The second-order valence-electron chi connectivity index (χ2n) is 7.08. The number of aromatic hydroxyl groups is 2. The lowest BCUT2D eigenvalue weighted by Crippen LogP contribution is -2.26. The van der Waals surface area contributed by atoms with E-state index in [0.29, 0.717) is 22.6 Å². The summed E-state index contributed by atoms with van der Waals surface area (Å²) < 4.78 is 10.7. The maximum absolute atomic E-state index is 13.4. The molecule has 0 atom stereocenters. The lowest BCUT2D eigenvalue weighted by atomic mass is 9.74. The number of hydrogen-bond acceptors (Lipinski definition) is 6. The number of ketones is 2. The van der Waals surface area contributed by atoms with E-state index in [4.69, 9.17) is 9.47 Å². The van der Waals surface area contributed by atoms with Crippen LogP contribution in [0.15, 0.2) is 54.6 Å². The first-order valence-corrected chi connectivity index (χ1v) is 9.14. The van der Waals surface area contributed by atoms with Crippen molar-refractivity contribution in [2.24, 2.45) is 0 Å². The number of carbonyl (C=O) groups excluding carboxylic acids is 2. The van der Waals surface area contributed by atoms with E-state index >= 15 is 0 Å². The number of ether oxygens (including phenoxy) is 2. The van der Waals surface area contributed by atoms with Gasteiger partial charge in [0.2, 0.25) is 12.6 Å². The normalized spacial score (nSPS) is 14.4. The van der Waals surface area contributed by atoms with Crippen LogP contribution < -0.4 is 9.47 Å². The molecule has 0 unspecified atom stereocenters. The molecule has 2 N–H and O–H groups in total. The molecule has 2 aliphatic rings. The van der Waals surface area contributed by atoms with Crippen molar-refractivity contribution >= 4 is 11.6 Å². The van der Waals surface area contributed by atoms with Crippen molar-refractivity contribution in [3.8, 4) is 23.0 Å². The first-order valence-electron chi connectivity index (χ1n) is 9.14. The Morgan fingerprint density at radius 3 is 2.17 bits per heavy atom. The van der Waals surface area contributed by atoms with Crippen molar-refractivity contribution in [1.82, 2.24) is 0 Å². The first kappa shape index (κ1) is 17.3. The third-order valence-electron chi connectivity index (χ3n) is 5.36. The van der Waals surface area contributed by atoms with E-state index in [1.165, 1.54) is 12.1 Å². The lowest BCUT2D eigenvalue weighted by Gasteiger charge is -2.27. The molecule has 0 fully saturated rings. The minimum absolute atomic E-state index is 0.0607. The molecule has 1 aliphatic heterocycles. The molecule has 1 aliphatic carbocycles. The number of Topliss-reactive ketones (excluding diaryl/α,β-unsaturated/α-hetero) is 1. The second kappa shape index (κ2) is 6.38. The quantitative estimate of drug-likeness (QED) is 0.715. The van der Waals surface area contributed by atoms with Crippen LogP contribution in [0.25, 0.3) is 0 Å². The van der Waals surface area contributed by atoms with Crippen molar-refractivity contribution in [2.45, 2.75) is 12.3 Å². The van der Waals surface area contributed by atoms with Crippen LogP contribution in [0.3, 0.4) is 0 Å². The Morgan fingerprint density at radius 1 is 0.897 bits per heavy atom. The summed E-state index contributed by atoms with van der Waals surface area (Å²) in [4.78, 5) is 26.3. The number of phenols is 2. The van der Waals surface area contributed by atoms with Crippen LogP contribution in [0.1, 0.15) is 38.5 Å². The summed E-state index contributed by atoms with van der Waals surface area (Å²) in [6, 6.07) is 14.7. The van der Waals surface area contributed by atoms with Crippen molar-refractivity contribution in [1.29, 1.82) is 0 Å². The molecule has 0 saturated heterocycles. The fourth-order valence-corrected chi connectivity index (χ4v) is 4.08. The van der Waals surface area contributed by atoms with Gasteiger partial charge in [-0.2, -0.15) is 0 Å². The number of fused-ring (bicyclic) bond motifs is 3. The Bertz CT molecular complexity index is 1120. The zero-order valence-corrected chi connectivity index (χ0v) is 15.2. The third-order valence-corrected chi connectivity index (χ3v) is 5.36. The molecule has 5 rings (SSSR count). The first-order chi connectivity index (χ1) is 14.0. The standard InChI is InChI=1S/C23H16O6/c24-15-5-1-3-13-20(14-4-2-6-16(25)22(14)23(27)21(13)15)17(26)9-12-7-8-18-19(10-12)29-11-28-18/h1-8,10,20,24-25H,9,11H2. The van der Waals surface area contributed by atoms with Crippen LogP contribution in [0, 0.1) is 0 Å². The van der Waals surface area contributed by atoms with Gasteiger partial charge >= 0.3 is 0 Å². The van der Waals surface area contributed by atoms with Gasteiger partial charge in [0.25, 0.3) is 0 Å². The molecule has 29 heavy (non-hydrogen) atoms. The second-order valence-corrected chi connectivity index (χ2v) is 7.08. The number of benzene rings is 3. The van der Waals surface area contributed by atoms with Gasteiger partial charge in [-0.15, -0.1) is 0 Å². The van der Waals surface area contributed by atoms with E-state index in [9.17, 15) is 19.8 Å². The Kier molecular flexibility index (Phi) is 3.81. The number of hydrogen-bond donors (Lipinski definition) is 2. The van der Waals surface area contributed by atoms with Gasteiger partial charge in [-0.25, -0.2) is 0 Å². The summed E-state index contributed by atoms with van der Waals surface area (Å²) >= 11 is 0. The molecular formula is C23H16O6. The number of carbonyl (C=O) groups is 2. The average Bonchev–Trinajstić information content (AvgIpc) is 3.16. The van der Waals surface area contributed by atoms with Gasteiger partial charge in [-0.05, 0) is 41.0 Å². The molecule has 0 amide bonds. The summed E-state index contributed by atoms with van der Waals surface area (Å²) in [5.74, 6) is -0.611. The van der Waals surface area contributed by atoms with E-state index in [-0.39, 0.29) is 41.6 Å².